The minimum Gasteiger partial charge on any atom is -0.370 e. The van der Waals surface area contributed by atoms with Crippen molar-refractivity contribution in [1.82, 2.24) is 0 Å². The second-order valence-electron chi connectivity index (χ2n) is 6.94. The number of fused-ring (bicyclic) bond motifs is 1. The number of hydrogen-bond donors (Lipinski definition) is 0. The molecule has 5 rings (SSSR count). The van der Waals surface area contributed by atoms with Gasteiger partial charge < -0.3 is 4.74 Å². The van der Waals surface area contributed by atoms with E-state index in [1.54, 1.807) is 0 Å². The van der Waals surface area contributed by atoms with Crippen molar-refractivity contribution in [3.63, 3.8) is 0 Å². The summed E-state index contributed by atoms with van der Waals surface area (Å²) in [7, 11) is 0. The van der Waals surface area contributed by atoms with E-state index in [2.05, 4.69) is 32.9 Å². The summed E-state index contributed by atoms with van der Waals surface area (Å²) in [6.45, 7) is 7.26. The average molecular weight is 204 g/mol. The first-order chi connectivity index (χ1) is 6.99. The van der Waals surface area contributed by atoms with Gasteiger partial charge in [0.25, 0.3) is 0 Å². The Hall–Kier alpha value is -0.300. The van der Waals surface area contributed by atoms with Crippen molar-refractivity contribution in [1.29, 1.82) is 0 Å². The van der Waals surface area contributed by atoms with Crippen molar-refractivity contribution in [2.75, 3.05) is 0 Å². The van der Waals surface area contributed by atoms with Crippen LogP contribution < -0.4 is 0 Å². The molecule has 5 aliphatic rings. The van der Waals surface area contributed by atoms with Gasteiger partial charge in [-0.25, -0.2) is 0 Å². The van der Waals surface area contributed by atoms with Crippen LogP contribution in [-0.4, -0.2) is 11.7 Å². The smallest absolute Gasteiger partial charge is 0.0733 e. The molecule has 2 saturated heterocycles. The number of hydrogen-bond acceptors (Lipinski definition) is 1. The van der Waals surface area contributed by atoms with Gasteiger partial charge in [0.1, 0.15) is 0 Å². The van der Waals surface area contributed by atoms with E-state index in [0.717, 1.165) is 11.8 Å². The van der Waals surface area contributed by atoms with Crippen LogP contribution in [-0.2, 0) is 4.74 Å². The largest absolute Gasteiger partial charge is 0.370 e. The molecule has 0 N–H and O–H groups in total. The van der Waals surface area contributed by atoms with Gasteiger partial charge in [0, 0.05) is 10.8 Å². The van der Waals surface area contributed by atoms with Gasteiger partial charge in [0.15, 0.2) is 0 Å². The number of ether oxygens (including phenoxy) is 1. The molecule has 6 atom stereocenters. The Labute approximate surface area is 91.9 Å². The van der Waals surface area contributed by atoms with E-state index < -0.39 is 0 Å². The molecule has 2 heterocycles. The molecular weight excluding hydrogens is 184 g/mol. The SMILES string of the molecule is CC12CCC3(C)C4C=CC(C)(C1C4)C3O2. The van der Waals surface area contributed by atoms with Gasteiger partial charge in [-0.05, 0) is 38.0 Å². The third-order valence-corrected chi connectivity index (χ3v) is 6.22. The molecule has 6 unspecified atom stereocenters. The molecule has 0 aromatic carbocycles. The Morgan fingerprint density at radius 3 is 2.80 bits per heavy atom. The minimum atomic E-state index is 0.193. The first kappa shape index (κ1) is 8.81. The molecule has 0 amide bonds. The van der Waals surface area contributed by atoms with Gasteiger partial charge in [0.05, 0.1) is 11.7 Å². The average Bonchev–Trinajstić information content (AvgIpc) is 2.28. The van der Waals surface area contributed by atoms with E-state index >= 15 is 0 Å². The van der Waals surface area contributed by atoms with Gasteiger partial charge in [-0.15, -0.1) is 0 Å². The van der Waals surface area contributed by atoms with Gasteiger partial charge in [-0.2, -0.15) is 0 Å². The van der Waals surface area contributed by atoms with E-state index in [-0.39, 0.29) is 5.60 Å². The van der Waals surface area contributed by atoms with Crippen molar-refractivity contribution in [3.05, 3.63) is 12.2 Å². The van der Waals surface area contributed by atoms with E-state index in [4.69, 9.17) is 4.74 Å². The lowest BCUT2D eigenvalue weighted by atomic mass is 9.50. The molecule has 2 aliphatic heterocycles. The molecule has 3 fully saturated rings. The zero-order valence-electron chi connectivity index (χ0n) is 9.92. The van der Waals surface area contributed by atoms with Crippen LogP contribution >= 0.6 is 0 Å². The van der Waals surface area contributed by atoms with Crippen LogP contribution in [0.1, 0.15) is 40.0 Å². The zero-order chi connectivity index (χ0) is 10.5. The standard InChI is InChI=1S/C14H20O/c1-12-6-7-14(3)10-8-9(12)4-5-13(10,2)11(12)15-14/h4-5,9-11H,6-8H2,1-3H3. The highest BCUT2D eigenvalue weighted by atomic mass is 16.5. The Morgan fingerprint density at radius 1 is 1.20 bits per heavy atom. The van der Waals surface area contributed by atoms with E-state index in [1.807, 2.05) is 0 Å². The molecule has 82 valence electrons. The maximum absolute atomic E-state index is 6.46. The van der Waals surface area contributed by atoms with Crippen molar-refractivity contribution >= 4 is 0 Å². The van der Waals surface area contributed by atoms with E-state index in [0.29, 0.717) is 16.9 Å². The summed E-state index contributed by atoms with van der Waals surface area (Å²) in [6, 6.07) is 0. The predicted octanol–water partition coefficient (Wildman–Crippen LogP) is 3.16. The second kappa shape index (κ2) is 2.07. The van der Waals surface area contributed by atoms with Crippen LogP contribution in [0.25, 0.3) is 0 Å². The number of allylic oxidation sites excluding steroid dienone is 1. The van der Waals surface area contributed by atoms with E-state index in [9.17, 15) is 0 Å². The number of rotatable bonds is 0. The lowest BCUT2D eigenvalue weighted by molar-refractivity contribution is -0.149. The quantitative estimate of drug-likeness (QED) is 0.551. The fourth-order valence-electron chi connectivity index (χ4n) is 5.28. The highest BCUT2D eigenvalue weighted by Gasteiger charge is 2.72. The van der Waals surface area contributed by atoms with Crippen LogP contribution in [0.5, 0.6) is 0 Å². The minimum absolute atomic E-state index is 0.193. The zero-order valence-corrected chi connectivity index (χ0v) is 9.92. The topological polar surface area (TPSA) is 9.23 Å². The second-order valence-corrected chi connectivity index (χ2v) is 6.94. The molecular formula is C14H20O. The third kappa shape index (κ3) is 0.702. The van der Waals surface area contributed by atoms with Gasteiger partial charge in [0.2, 0.25) is 0 Å². The maximum Gasteiger partial charge on any atom is 0.0733 e. The monoisotopic (exact) mass is 204 g/mol. The molecule has 1 heteroatoms. The van der Waals surface area contributed by atoms with Crippen LogP contribution in [0.15, 0.2) is 12.2 Å². The van der Waals surface area contributed by atoms with Gasteiger partial charge >= 0.3 is 0 Å². The van der Waals surface area contributed by atoms with Crippen molar-refractivity contribution < 1.29 is 4.74 Å². The summed E-state index contributed by atoms with van der Waals surface area (Å²) in [5.41, 5.74) is 0.975. The van der Waals surface area contributed by atoms with Gasteiger partial charge in [-0.1, -0.05) is 26.0 Å². The van der Waals surface area contributed by atoms with Crippen molar-refractivity contribution in [2.24, 2.45) is 22.7 Å². The molecule has 0 aromatic rings. The lowest BCUT2D eigenvalue weighted by Gasteiger charge is -2.54. The summed E-state index contributed by atoms with van der Waals surface area (Å²) in [5, 5.41) is 0. The summed E-state index contributed by atoms with van der Waals surface area (Å²) in [6.07, 6.45) is 9.49. The van der Waals surface area contributed by atoms with Crippen LogP contribution in [0, 0.1) is 22.7 Å². The summed E-state index contributed by atoms with van der Waals surface area (Å²) < 4.78 is 6.46. The van der Waals surface area contributed by atoms with Crippen molar-refractivity contribution in [2.45, 2.75) is 51.7 Å². The Kier molecular flexibility index (Phi) is 1.21. The molecule has 0 aromatic heterocycles. The van der Waals surface area contributed by atoms with Crippen molar-refractivity contribution in [3.8, 4) is 0 Å². The van der Waals surface area contributed by atoms with Gasteiger partial charge in [-0.3, -0.25) is 0 Å². The first-order valence-corrected chi connectivity index (χ1v) is 6.36. The molecule has 5 bridgehead atoms. The normalized spacial score (nSPS) is 69.1. The fourth-order valence-corrected chi connectivity index (χ4v) is 5.28. The summed E-state index contributed by atoms with van der Waals surface area (Å²) in [4.78, 5) is 0. The van der Waals surface area contributed by atoms with Crippen LogP contribution in [0.3, 0.4) is 0 Å². The molecule has 3 aliphatic carbocycles. The van der Waals surface area contributed by atoms with Crippen LogP contribution in [0.2, 0.25) is 0 Å². The molecule has 15 heavy (non-hydrogen) atoms. The predicted molar refractivity (Wildman–Crippen MR) is 59.5 cm³/mol. The molecule has 1 nitrogen and oxygen atoms in total. The Balaban J connectivity index is 2.01. The Bertz CT molecular complexity index is 374. The summed E-state index contributed by atoms with van der Waals surface area (Å²) in [5.74, 6) is 1.57. The lowest BCUT2D eigenvalue weighted by Crippen LogP contribution is -2.54. The van der Waals surface area contributed by atoms with E-state index in [1.165, 1.54) is 19.3 Å². The highest BCUT2D eigenvalue weighted by molar-refractivity contribution is 5.30. The molecule has 1 saturated carbocycles. The first-order valence-electron chi connectivity index (χ1n) is 6.36. The highest BCUT2D eigenvalue weighted by Crippen LogP contribution is 2.72. The third-order valence-electron chi connectivity index (χ3n) is 6.22. The molecule has 0 radical (unpaired) electrons. The molecule has 0 spiro atoms. The maximum atomic E-state index is 6.46. The fraction of sp³-hybridized carbons (Fsp3) is 0.857. The summed E-state index contributed by atoms with van der Waals surface area (Å²) >= 11 is 0. The van der Waals surface area contributed by atoms with Crippen LogP contribution in [0.4, 0.5) is 0 Å². The Morgan fingerprint density at radius 2 is 2.00 bits per heavy atom.